The topological polar surface area (TPSA) is 137 Å². The van der Waals surface area contributed by atoms with E-state index in [0.29, 0.717) is 40.9 Å². The van der Waals surface area contributed by atoms with E-state index < -0.39 is 11.9 Å². The monoisotopic (exact) mass is 521 g/mol. The molecule has 0 aliphatic carbocycles. The molecule has 2 heterocycles. The van der Waals surface area contributed by atoms with Crippen LogP contribution in [-0.2, 0) is 11.2 Å². The zero-order valence-corrected chi connectivity index (χ0v) is 21.6. The number of aromatic amines is 1. The molecule has 2 aromatic heterocycles. The number of nitrogens with zero attached hydrogens (tertiary/aromatic N) is 3. The van der Waals surface area contributed by atoms with Gasteiger partial charge in [0.05, 0.1) is 24.6 Å². The van der Waals surface area contributed by atoms with Gasteiger partial charge in [0.15, 0.2) is 5.82 Å². The fourth-order valence-corrected chi connectivity index (χ4v) is 3.63. The van der Waals surface area contributed by atoms with Crippen LogP contribution in [0.4, 0.5) is 21.7 Å². The molecule has 0 aliphatic rings. The zero-order chi connectivity index (χ0) is 27.1. The number of hydrogen-bond donors (Lipinski definition) is 5. The van der Waals surface area contributed by atoms with Crippen LogP contribution in [0.2, 0.25) is 0 Å². The summed E-state index contributed by atoms with van der Waals surface area (Å²) < 4.78 is 19.2. The van der Waals surface area contributed by atoms with Gasteiger partial charge in [0.25, 0.3) is 0 Å². The number of halogens is 1. The molecule has 0 saturated heterocycles. The van der Waals surface area contributed by atoms with Crippen LogP contribution in [0.15, 0.2) is 54.9 Å². The largest absolute Gasteiger partial charge is 0.493 e. The van der Waals surface area contributed by atoms with Crippen LogP contribution < -0.4 is 20.7 Å². The van der Waals surface area contributed by atoms with Crippen molar-refractivity contribution < 1.29 is 19.0 Å². The third kappa shape index (κ3) is 7.24. The quantitative estimate of drug-likeness (QED) is 0.177. The third-order valence-corrected chi connectivity index (χ3v) is 6.16. The molecule has 0 spiro atoms. The van der Waals surface area contributed by atoms with E-state index in [9.17, 15) is 14.3 Å². The number of fused-ring (bicyclic) bond motifs is 1. The summed E-state index contributed by atoms with van der Waals surface area (Å²) in [4.78, 5) is 21.0. The van der Waals surface area contributed by atoms with E-state index in [4.69, 9.17) is 4.74 Å². The summed E-state index contributed by atoms with van der Waals surface area (Å²) in [5.74, 6) is 1.04. The van der Waals surface area contributed by atoms with Crippen molar-refractivity contribution in [3.05, 3.63) is 66.4 Å². The van der Waals surface area contributed by atoms with Crippen LogP contribution in [-0.4, -0.2) is 56.0 Å². The standard InChI is InChI=1S/C27H32FN7O3/c1-17(36)27(2,3)31-10-5-11-38-21-8-9-22-23(15-21)29-16-30-26(22)33-24-13-20(34-35-24)14-25(37)32-19-7-4-6-18(28)12-19/h4,6-9,12-13,15-17,31,36H,5,10-11,14H2,1-3H3,(H,32,37)(H2,29,30,33,34,35). The van der Waals surface area contributed by atoms with Gasteiger partial charge in [-0.1, -0.05) is 6.07 Å². The molecular formula is C27H32FN7O3. The first-order valence-electron chi connectivity index (χ1n) is 12.4. The Balaban J connectivity index is 1.32. The molecular weight excluding hydrogens is 489 g/mol. The fourth-order valence-electron chi connectivity index (χ4n) is 3.63. The van der Waals surface area contributed by atoms with Gasteiger partial charge < -0.3 is 25.8 Å². The summed E-state index contributed by atoms with van der Waals surface area (Å²) in [5, 5.41) is 26.8. The number of nitrogens with one attached hydrogen (secondary N) is 4. The fraction of sp³-hybridized carbons (Fsp3) is 0.333. The second kappa shape index (κ2) is 12.0. The molecule has 1 atom stereocenters. The van der Waals surface area contributed by atoms with Crippen molar-refractivity contribution in [2.75, 3.05) is 23.8 Å². The van der Waals surface area contributed by atoms with Gasteiger partial charge in [-0.15, -0.1) is 0 Å². The highest BCUT2D eigenvalue weighted by atomic mass is 19.1. The van der Waals surface area contributed by atoms with Crippen molar-refractivity contribution in [2.45, 2.75) is 45.3 Å². The second-order valence-electron chi connectivity index (χ2n) is 9.57. The summed E-state index contributed by atoms with van der Waals surface area (Å²) in [6.07, 6.45) is 1.83. The average molecular weight is 522 g/mol. The first-order chi connectivity index (χ1) is 18.2. The number of benzene rings is 2. The van der Waals surface area contributed by atoms with Crippen molar-refractivity contribution in [3.8, 4) is 5.75 Å². The van der Waals surface area contributed by atoms with Crippen LogP contribution in [0.1, 0.15) is 32.9 Å². The molecule has 11 heteroatoms. The lowest BCUT2D eigenvalue weighted by Gasteiger charge is -2.29. The molecule has 1 unspecified atom stereocenters. The van der Waals surface area contributed by atoms with Crippen LogP contribution in [0, 0.1) is 5.82 Å². The highest BCUT2D eigenvalue weighted by Crippen LogP contribution is 2.26. The van der Waals surface area contributed by atoms with E-state index in [2.05, 4.69) is 36.1 Å². The van der Waals surface area contributed by atoms with E-state index in [1.54, 1.807) is 19.1 Å². The Morgan fingerprint density at radius 3 is 2.82 bits per heavy atom. The SMILES string of the molecule is CC(O)C(C)(C)NCCCOc1ccc2c(Nc3cc(CC(=O)Nc4cccc(F)c4)[nH]n3)ncnc2c1. The van der Waals surface area contributed by atoms with Gasteiger partial charge in [-0.05, 0) is 64.1 Å². The van der Waals surface area contributed by atoms with E-state index in [1.165, 1.54) is 24.5 Å². The van der Waals surface area contributed by atoms with Gasteiger partial charge in [-0.25, -0.2) is 14.4 Å². The number of H-pyrrole nitrogens is 1. The predicted molar refractivity (Wildman–Crippen MR) is 144 cm³/mol. The average Bonchev–Trinajstić information content (AvgIpc) is 3.30. The first-order valence-corrected chi connectivity index (χ1v) is 12.4. The number of carbonyl (C=O) groups excluding carboxylic acids is 1. The molecule has 5 N–H and O–H groups in total. The van der Waals surface area contributed by atoms with Crippen molar-refractivity contribution in [1.29, 1.82) is 0 Å². The highest BCUT2D eigenvalue weighted by Gasteiger charge is 2.22. The highest BCUT2D eigenvalue weighted by molar-refractivity contribution is 5.93. The molecule has 0 saturated carbocycles. The minimum Gasteiger partial charge on any atom is -0.493 e. The number of anilines is 3. The van der Waals surface area contributed by atoms with Gasteiger partial charge in [0, 0.05) is 34.4 Å². The number of amides is 1. The minimum atomic E-state index is -0.453. The summed E-state index contributed by atoms with van der Waals surface area (Å²) in [6, 6.07) is 13.0. The van der Waals surface area contributed by atoms with Gasteiger partial charge in [0.1, 0.15) is 23.7 Å². The molecule has 1 amide bonds. The lowest BCUT2D eigenvalue weighted by molar-refractivity contribution is -0.115. The molecule has 200 valence electrons. The molecule has 0 fully saturated rings. The Morgan fingerprint density at radius 1 is 1.18 bits per heavy atom. The number of rotatable bonds is 12. The van der Waals surface area contributed by atoms with Gasteiger partial charge in [-0.3, -0.25) is 9.89 Å². The van der Waals surface area contributed by atoms with Crippen molar-refractivity contribution in [3.63, 3.8) is 0 Å². The maximum atomic E-state index is 13.3. The van der Waals surface area contributed by atoms with Crippen LogP contribution in [0.5, 0.6) is 5.75 Å². The number of aromatic nitrogens is 4. The summed E-state index contributed by atoms with van der Waals surface area (Å²) in [5.41, 5.74) is 1.33. The predicted octanol–water partition coefficient (Wildman–Crippen LogP) is 3.93. The maximum absolute atomic E-state index is 13.3. The minimum absolute atomic E-state index is 0.0441. The Bertz CT molecular complexity index is 1390. The summed E-state index contributed by atoms with van der Waals surface area (Å²) >= 11 is 0. The van der Waals surface area contributed by atoms with E-state index >= 15 is 0 Å². The Kier molecular flexibility index (Phi) is 8.49. The van der Waals surface area contributed by atoms with Crippen molar-refractivity contribution in [2.24, 2.45) is 0 Å². The van der Waals surface area contributed by atoms with Crippen LogP contribution in [0.3, 0.4) is 0 Å². The van der Waals surface area contributed by atoms with Gasteiger partial charge in [0.2, 0.25) is 5.91 Å². The van der Waals surface area contributed by atoms with E-state index in [1.807, 2.05) is 32.0 Å². The summed E-state index contributed by atoms with van der Waals surface area (Å²) in [6.45, 7) is 6.93. The Labute approximate surface area is 220 Å². The zero-order valence-electron chi connectivity index (χ0n) is 21.6. The molecule has 38 heavy (non-hydrogen) atoms. The Hall–Kier alpha value is -4.09. The third-order valence-electron chi connectivity index (χ3n) is 6.16. The van der Waals surface area contributed by atoms with Gasteiger partial charge in [-0.2, -0.15) is 5.10 Å². The maximum Gasteiger partial charge on any atom is 0.230 e. The second-order valence-corrected chi connectivity index (χ2v) is 9.57. The van der Waals surface area contributed by atoms with Crippen LogP contribution in [0.25, 0.3) is 10.9 Å². The molecule has 0 radical (unpaired) electrons. The van der Waals surface area contributed by atoms with E-state index in [-0.39, 0.29) is 17.9 Å². The van der Waals surface area contributed by atoms with Gasteiger partial charge >= 0.3 is 0 Å². The molecule has 4 rings (SSSR count). The van der Waals surface area contributed by atoms with Crippen molar-refractivity contribution >= 4 is 34.1 Å². The summed E-state index contributed by atoms with van der Waals surface area (Å²) in [7, 11) is 0. The number of carbonyl (C=O) groups is 1. The molecule has 4 aromatic rings. The lowest BCUT2D eigenvalue weighted by atomic mass is 9.99. The molecule has 0 bridgehead atoms. The first kappa shape index (κ1) is 27.0. The molecule has 2 aromatic carbocycles. The number of aliphatic hydroxyl groups is 1. The van der Waals surface area contributed by atoms with E-state index in [0.717, 1.165) is 18.4 Å². The normalized spacial score (nSPS) is 12.3. The number of ether oxygens (including phenoxy) is 1. The lowest BCUT2D eigenvalue weighted by Crippen LogP contribution is -2.48. The smallest absolute Gasteiger partial charge is 0.230 e. The van der Waals surface area contributed by atoms with Crippen molar-refractivity contribution in [1.82, 2.24) is 25.5 Å². The Morgan fingerprint density at radius 2 is 2.03 bits per heavy atom. The van der Waals surface area contributed by atoms with Crippen LogP contribution >= 0.6 is 0 Å². The number of hydrogen-bond acceptors (Lipinski definition) is 8. The molecule has 10 nitrogen and oxygen atoms in total. The molecule has 0 aliphatic heterocycles. The number of aliphatic hydroxyl groups excluding tert-OH is 1.